The molecule has 1 amide bonds. The molecule has 1 aromatic rings. The minimum atomic E-state index is -0.464. The van der Waals surface area contributed by atoms with E-state index < -0.39 is 5.60 Å². The molecule has 1 fully saturated rings. The van der Waals surface area contributed by atoms with Crippen molar-refractivity contribution in [3.05, 3.63) is 29.8 Å². The number of ether oxygens (including phenoxy) is 1. The van der Waals surface area contributed by atoms with Crippen LogP contribution in [0, 0.1) is 0 Å². The van der Waals surface area contributed by atoms with E-state index in [1.54, 1.807) is 0 Å². The van der Waals surface area contributed by atoms with E-state index in [1.165, 1.54) is 37.2 Å². The van der Waals surface area contributed by atoms with Crippen LogP contribution < -0.4 is 15.5 Å². The van der Waals surface area contributed by atoms with Gasteiger partial charge in [0.2, 0.25) is 0 Å². The van der Waals surface area contributed by atoms with Crippen LogP contribution in [0.15, 0.2) is 24.3 Å². The molecule has 5 nitrogen and oxygen atoms in total. The van der Waals surface area contributed by atoms with E-state index >= 15 is 0 Å². The lowest BCUT2D eigenvalue weighted by atomic mass is 10.2. The first-order chi connectivity index (χ1) is 11.3. The fourth-order valence-corrected chi connectivity index (χ4v) is 2.79. The molecule has 0 aliphatic carbocycles. The highest BCUT2D eigenvalue weighted by molar-refractivity contribution is 5.68. The first kappa shape index (κ1) is 18.6. The van der Waals surface area contributed by atoms with E-state index in [4.69, 9.17) is 4.74 Å². The van der Waals surface area contributed by atoms with Gasteiger partial charge in [0, 0.05) is 37.9 Å². The summed E-state index contributed by atoms with van der Waals surface area (Å²) in [5.41, 5.74) is 2.10. The fraction of sp³-hybridized carbons (Fsp3) is 0.632. The number of nitrogens with zero attached hydrogens (tertiary/aromatic N) is 1. The molecule has 0 bridgehead atoms. The van der Waals surface area contributed by atoms with E-state index in [9.17, 15) is 4.79 Å². The molecule has 1 heterocycles. The first-order valence-electron chi connectivity index (χ1n) is 8.87. The molecule has 5 heteroatoms. The summed E-state index contributed by atoms with van der Waals surface area (Å²) in [6.45, 7) is 11.4. The Hall–Kier alpha value is -1.75. The molecule has 0 spiro atoms. The quantitative estimate of drug-likeness (QED) is 0.839. The summed E-state index contributed by atoms with van der Waals surface area (Å²) in [6.07, 6.45) is 2.23. The van der Waals surface area contributed by atoms with Gasteiger partial charge < -0.3 is 20.3 Å². The second-order valence-corrected chi connectivity index (χ2v) is 7.54. The Balaban J connectivity index is 1.68. The number of nitrogens with one attached hydrogen (secondary N) is 2. The maximum absolute atomic E-state index is 11.7. The molecular weight excluding hydrogens is 302 g/mol. The van der Waals surface area contributed by atoms with Gasteiger partial charge in [-0.2, -0.15) is 0 Å². The van der Waals surface area contributed by atoms with Crippen molar-refractivity contribution < 1.29 is 9.53 Å². The van der Waals surface area contributed by atoms with Crippen molar-refractivity contribution in [2.24, 2.45) is 0 Å². The monoisotopic (exact) mass is 333 g/mol. The summed E-state index contributed by atoms with van der Waals surface area (Å²) < 4.78 is 5.25. The van der Waals surface area contributed by atoms with Crippen molar-refractivity contribution in [1.82, 2.24) is 10.6 Å². The van der Waals surface area contributed by atoms with E-state index in [0.717, 1.165) is 6.54 Å². The number of benzene rings is 1. The Labute approximate surface area is 145 Å². The molecule has 1 aliphatic rings. The van der Waals surface area contributed by atoms with E-state index in [2.05, 4.69) is 39.8 Å². The lowest BCUT2D eigenvalue weighted by Gasteiger charge is -2.22. The second-order valence-electron chi connectivity index (χ2n) is 7.54. The summed E-state index contributed by atoms with van der Waals surface area (Å²) in [4.78, 5) is 14.1. The zero-order valence-electron chi connectivity index (χ0n) is 15.4. The molecule has 1 saturated heterocycles. The third-order valence-electron chi connectivity index (χ3n) is 3.95. The number of amides is 1. The third kappa shape index (κ3) is 6.40. The van der Waals surface area contributed by atoms with Gasteiger partial charge >= 0.3 is 6.09 Å². The average Bonchev–Trinajstić information content (AvgIpc) is 3.00. The molecule has 0 saturated carbocycles. The minimum absolute atomic E-state index is 0.0173. The molecule has 1 aromatic carbocycles. The predicted molar refractivity (Wildman–Crippen MR) is 98.4 cm³/mol. The van der Waals surface area contributed by atoms with Crippen LogP contribution >= 0.6 is 0 Å². The van der Waals surface area contributed by atoms with E-state index in [-0.39, 0.29) is 12.1 Å². The van der Waals surface area contributed by atoms with Gasteiger partial charge in [-0.15, -0.1) is 0 Å². The van der Waals surface area contributed by atoms with Crippen LogP contribution in [0.25, 0.3) is 0 Å². The molecule has 1 atom stereocenters. The van der Waals surface area contributed by atoms with Crippen LogP contribution in [0.3, 0.4) is 0 Å². The largest absolute Gasteiger partial charge is 0.444 e. The van der Waals surface area contributed by atoms with Gasteiger partial charge in [-0.1, -0.05) is 12.1 Å². The van der Waals surface area contributed by atoms with Crippen LogP contribution in [0.5, 0.6) is 0 Å². The predicted octanol–water partition coefficient (Wildman–Crippen LogP) is 3.29. The summed E-state index contributed by atoms with van der Waals surface area (Å²) >= 11 is 0. The minimum Gasteiger partial charge on any atom is -0.444 e. The number of carbonyl (C=O) groups excluding carboxylic acids is 1. The highest BCUT2D eigenvalue weighted by Gasteiger charge is 2.17. The van der Waals surface area contributed by atoms with Crippen LogP contribution in [0.1, 0.15) is 46.1 Å². The zero-order valence-corrected chi connectivity index (χ0v) is 15.4. The Morgan fingerprint density at radius 2 is 1.83 bits per heavy atom. The molecule has 134 valence electrons. The number of hydrogen-bond donors (Lipinski definition) is 2. The summed E-state index contributed by atoms with van der Waals surface area (Å²) in [5, 5.41) is 6.21. The zero-order chi connectivity index (χ0) is 17.6. The first-order valence-corrected chi connectivity index (χ1v) is 8.87. The number of carbonyl (C=O) groups is 1. The van der Waals surface area contributed by atoms with Gasteiger partial charge in [-0.05, 0) is 58.2 Å². The highest BCUT2D eigenvalue weighted by Crippen LogP contribution is 2.20. The molecule has 24 heavy (non-hydrogen) atoms. The summed E-state index contributed by atoms with van der Waals surface area (Å²) in [5.74, 6) is 0. The number of hydrogen-bond acceptors (Lipinski definition) is 4. The van der Waals surface area contributed by atoms with E-state index in [0.29, 0.717) is 6.54 Å². The molecule has 1 unspecified atom stereocenters. The maximum atomic E-state index is 11.7. The lowest BCUT2D eigenvalue weighted by molar-refractivity contribution is 0.0508. The van der Waals surface area contributed by atoms with Crippen molar-refractivity contribution in [3.63, 3.8) is 0 Å². The molecule has 2 N–H and O–H groups in total. The molecule has 1 aliphatic heterocycles. The Morgan fingerprint density at radius 3 is 2.42 bits per heavy atom. The standard InChI is InChI=1S/C19H31N3O2/c1-15(21-18(23)24-19(2,3)4)13-20-14-16-7-9-17(10-8-16)22-11-5-6-12-22/h7-10,15,20H,5-6,11-14H2,1-4H3,(H,21,23). The van der Waals surface area contributed by atoms with E-state index in [1.807, 2.05) is 27.7 Å². The maximum Gasteiger partial charge on any atom is 0.407 e. The molecular formula is C19H31N3O2. The van der Waals surface area contributed by atoms with Crippen LogP contribution in [-0.2, 0) is 11.3 Å². The fourth-order valence-electron chi connectivity index (χ4n) is 2.79. The van der Waals surface area contributed by atoms with Crippen LogP contribution in [0.4, 0.5) is 10.5 Å². The van der Waals surface area contributed by atoms with Gasteiger partial charge in [-0.25, -0.2) is 4.79 Å². The Kier molecular flexibility index (Phi) is 6.49. The van der Waals surface area contributed by atoms with Crippen molar-refractivity contribution in [3.8, 4) is 0 Å². The molecule has 2 rings (SSSR count). The number of alkyl carbamates (subject to hydrolysis) is 1. The van der Waals surface area contributed by atoms with Crippen molar-refractivity contribution >= 4 is 11.8 Å². The van der Waals surface area contributed by atoms with Gasteiger partial charge in [-0.3, -0.25) is 0 Å². The van der Waals surface area contributed by atoms with Crippen LogP contribution in [-0.4, -0.2) is 37.4 Å². The third-order valence-corrected chi connectivity index (χ3v) is 3.95. The Bertz CT molecular complexity index is 516. The number of anilines is 1. The molecule has 0 aromatic heterocycles. The smallest absolute Gasteiger partial charge is 0.407 e. The van der Waals surface area contributed by atoms with Gasteiger partial charge in [0.05, 0.1) is 0 Å². The van der Waals surface area contributed by atoms with Gasteiger partial charge in [0.25, 0.3) is 0 Å². The highest BCUT2D eigenvalue weighted by atomic mass is 16.6. The lowest BCUT2D eigenvalue weighted by Crippen LogP contribution is -2.42. The second kappa shape index (κ2) is 8.38. The average molecular weight is 333 g/mol. The number of rotatable bonds is 6. The summed E-state index contributed by atoms with van der Waals surface area (Å²) in [7, 11) is 0. The van der Waals surface area contributed by atoms with Gasteiger partial charge in [0.15, 0.2) is 0 Å². The van der Waals surface area contributed by atoms with Crippen LogP contribution in [0.2, 0.25) is 0 Å². The van der Waals surface area contributed by atoms with Gasteiger partial charge in [0.1, 0.15) is 5.60 Å². The van der Waals surface area contributed by atoms with Crippen molar-refractivity contribution in [1.29, 1.82) is 0 Å². The Morgan fingerprint density at radius 1 is 1.21 bits per heavy atom. The topological polar surface area (TPSA) is 53.6 Å². The molecule has 0 radical (unpaired) electrons. The van der Waals surface area contributed by atoms with Crippen molar-refractivity contribution in [2.45, 2.75) is 58.7 Å². The SMILES string of the molecule is CC(CNCc1ccc(N2CCCC2)cc1)NC(=O)OC(C)(C)C. The normalized spacial score (nSPS) is 16.1. The van der Waals surface area contributed by atoms with Crippen molar-refractivity contribution in [2.75, 3.05) is 24.5 Å². The summed E-state index contributed by atoms with van der Waals surface area (Å²) in [6, 6.07) is 8.76.